The van der Waals surface area contributed by atoms with Crippen LogP contribution in [0.4, 0.5) is 5.69 Å². The molecule has 2 N–H and O–H groups in total. The molecule has 0 saturated heterocycles. The van der Waals surface area contributed by atoms with Gasteiger partial charge in [0.05, 0.1) is 0 Å². The Morgan fingerprint density at radius 3 is 2.57 bits per heavy atom. The van der Waals surface area contributed by atoms with Gasteiger partial charge in [0.2, 0.25) is 0 Å². The summed E-state index contributed by atoms with van der Waals surface area (Å²) >= 11 is -1.09. The molecule has 1 aromatic carbocycles. The molecule has 2 rings (SSSR count). The average molecular weight is 379 g/mol. The van der Waals surface area contributed by atoms with Crippen LogP contribution in [0, 0.1) is 5.92 Å². The molecule has 128 valence electrons. The van der Waals surface area contributed by atoms with E-state index in [0.29, 0.717) is 6.42 Å². The number of methoxy groups -OCH3 is 1. The van der Waals surface area contributed by atoms with E-state index in [2.05, 4.69) is 39.0 Å². The third-order valence-electron chi connectivity index (χ3n) is 4.74. The van der Waals surface area contributed by atoms with E-state index in [9.17, 15) is 4.79 Å². The number of ether oxygens (including phenoxy) is 1. The number of carbonyl (C=O) groups excluding carboxylic acids is 1. The molecule has 0 amide bonds. The van der Waals surface area contributed by atoms with Crippen LogP contribution in [0.25, 0.3) is 0 Å². The fourth-order valence-corrected chi connectivity index (χ4v) is 8.82. The molecule has 0 aromatic heterocycles. The molecule has 23 heavy (non-hydrogen) atoms. The molecule has 0 radical (unpaired) electrons. The van der Waals surface area contributed by atoms with Crippen molar-refractivity contribution < 1.29 is 9.53 Å². The first-order valence-electron chi connectivity index (χ1n) is 8.69. The van der Waals surface area contributed by atoms with E-state index in [1.165, 1.54) is 35.1 Å². The van der Waals surface area contributed by atoms with Gasteiger partial charge in [-0.25, -0.2) is 0 Å². The summed E-state index contributed by atoms with van der Waals surface area (Å²) in [7, 11) is 1.45. The predicted molar refractivity (Wildman–Crippen MR) is 98.5 cm³/mol. The van der Waals surface area contributed by atoms with Crippen LogP contribution >= 0.6 is 0 Å². The first kappa shape index (κ1) is 18.4. The quantitative estimate of drug-likeness (QED) is 0.424. The Balaban J connectivity index is 2.19. The SMILES string of the molecule is CCC(CC(=O)OC)c1ccc([As](CC2CC2)C(C)C)c(N)c1. The van der Waals surface area contributed by atoms with E-state index in [4.69, 9.17) is 10.5 Å². The molecule has 1 fully saturated rings. The number of nitrogens with two attached hydrogens (primary N) is 1. The van der Waals surface area contributed by atoms with Crippen molar-refractivity contribution in [1.29, 1.82) is 0 Å². The number of hydrogen-bond acceptors (Lipinski definition) is 3. The fourth-order valence-electron chi connectivity index (χ4n) is 3.04. The Kier molecular flexibility index (Phi) is 6.59. The molecule has 0 spiro atoms. The molecular formula is C19H30AsNO2. The summed E-state index contributed by atoms with van der Waals surface area (Å²) in [6.45, 7) is 6.81. The zero-order chi connectivity index (χ0) is 17.0. The number of esters is 1. The Morgan fingerprint density at radius 2 is 2.09 bits per heavy atom. The standard InChI is InChI=1S/C19H30AsNO2/c1-5-15(11-19(22)23-4)16-8-9-17(18(21)10-16)20(13(2)3)12-14-6-7-14/h8-10,13-15H,5-7,11-12,21H2,1-4H3. The Hall–Kier alpha value is -0.952. The minimum atomic E-state index is -1.09. The first-order valence-corrected chi connectivity index (χ1v) is 12.0. The topological polar surface area (TPSA) is 52.3 Å². The number of rotatable bonds is 8. The van der Waals surface area contributed by atoms with Gasteiger partial charge in [0.1, 0.15) is 0 Å². The third-order valence-corrected chi connectivity index (χ3v) is 11.4. The van der Waals surface area contributed by atoms with Crippen molar-refractivity contribution in [3.63, 3.8) is 0 Å². The van der Waals surface area contributed by atoms with Crippen LogP contribution in [0.2, 0.25) is 9.91 Å². The second-order valence-corrected chi connectivity index (χ2v) is 12.8. The van der Waals surface area contributed by atoms with Crippen LogP contribution in [0.15, 0.2) is 18.2 Å². The van der Waals surface area contributed by atoms with Gasteiger partial charge in [0.15, 0.2) is 0 Å². The number of carbonyl (C=O) groups is 1. The molecule has 1 saturated carbocycles. The van der Waals surface area contributed by atoms with Gasteiger partial charge in [-0.05, 0) is 0 Å². The van der Waals surface area contributed by atoms with E-state index in [-0.39, 0.29) is 11.9 Å². The molecule has 3 nitrogen and oxygen atoms in total. The van der Waals surface area contributed by atoms with E-state index in [1.807, 2.05) is 0 Å². The van der Waals surface area contributed by atoms with Gasteiger partial charge in [-0.2, -0.15) is 0 Å². The zero-order valence-corrected chi connectivity index (χ0v) is 16.7. The Labute approximate surface area is 145 Å². The van der Waals surface area contributed by atoms with E-state index in [1.54, 1.807) is 0 Å². The van der Waals surface area contributed by atoms with Gasteiger partial charge in [-0.3, -0.25) is 0 Å². The van der Waals surface area contributed by atoms with Crippen LogP contribution < -0.4 is 10.1 Å². The van der Waals surface area contributed by atoms with Crippen molar-refractivity contribution in [1.82, 2.24) is 0 Å². The summed E-state index contributed by atoms with van der Waals surface area (Å²) in [5.74, 6) is 1.00. The maximum absolute atomic E-state index is 11.6. The fraction of sp³-hybridized carbons (Fsp3) is 0.632. The molecule has 1 aliphatic carbocycles. The van der Waals surface area contributed by atoms with Crippen LogP contribution in [0.1, 0.15) is 57.9 Å². The van der Waals surface area contributed by atoms with Gasteiger partial charge >= 0.3 is 145 Å². The summed E-state index contributed by atoms with van der Waals surface area (Å²) in [5.41, 5.74) is 8.55. The molecule has 2 atom stereocenters. The van der Waals surface area contributed by atoms with Gasteiger partial charge in [0, 0.05) is 0 Å². The van der Waals surface area contributed by atoms with Gasteiger partial charge < -0.3 is 0 Å². The summed E-state index contributed by atoms with van der Waals surface area (Å²) < 4.78 is 6.99. The summed E-state index contributed by atoms with van der Waals surface area (Å²) in [6, 6.07) is 6.57. The average Bonchev–Trinajstić information content (AvgIpc) is 3.34. The predicted octanol–water partition coefficient (Wildman–Crippen LogP) is 3.85. The van der Waals surface area contributed by atoms with Gasteiger partial charge in [-0.15, -0.1) is 0 Å². The Bertz CT molecular complexity index is 540. The molecule has 0 bridgehead atoms. The minimum absolute atomic E-state index is 0.150. The van der Waals surface area contributed by atoms with Crippen molar-refractivity contribution in [3.05, 3.63) is 23.8 Å². The Morgan fingerprint density at radius 1 is 1.39 bits per heavy atom. The van der Waals surface area contributed by atoms with Crippen LogP contribution in [0.5, 0.6) is 0 Å². The summed E-state index contributed by atoms with van der Waals surface area (Å²) in [6.07, 6.45) is 4.17. The molecule has 4 heteroatoms. The van der Waals surface area contributed by atoms with Crippen molar-refractivity contribution in [2.75, 3.05) is 12.8 Å². The molecule has 2 unspecified atom stereocenters. The van der Waals surface area contributed by atoms with Crippen molar-refractivity contribution in [2.24, 2.45) is 5.92 Å². The third kappa shape index (κ3) is 5.01. The van der Waals surface area contributed by atoms with Gasteiger partial charge in [0.25, 0.3) is 0 Å². The molecule has 0 heterocycles. The van der Waals surface area contributed by atoms with Crippen molar-refractivity contribution in [2.45, 2.75) is 62.3 Å². The molecular weight excluding hydrogens is 349 g/mol. The second kappa shape index (κ2) is 8.24. The summed E-state index contributed by atoms with van der Waals surface area (Å²) in [5, 5.41) is 1.40. The normalized spacial score (nSPS) is 17.1. The van der Waals surface area contributed by atoms with Crippen LogP contribution in [0.3, 0.4) is 0 Å². The van der Waals surface area contributed by atoms with E-state index >= 15 is 0 Å². The van der Waals surface area contributed by atoms with Crippen molar-refractivity contribution in [3.8, 4) is 0 Å². The second-order valence-electron chi connectivity index (χ2n) is 6.89. The monoisotopic (exact) mass is 379 g/mol. The van der Waals surface area contributed by atoms with Gasteiger partial charge in [-0.1, -0.05) is 0 Å². The molecule has 1 aliphatic rings. The number of benzene rings is 1. The number of anilines is 1. The van der Waals surface area contributed by atoms with E-state index < -0.39 is 14.7 Å². The van der Waals surface area contributed by atoms with Crippen LogP contribution in [-0.4, -0.2) is 27.7 Å². The van der Waals surface area contributed by atoms with Crippen LogP contribution in [-0.2, 0) is 9.53 Å². The zero-order valence-electron chi connectivity index (χ0n) is 14.8. The number of nitrogen functional groups attached to an aromatic ring is 1. The van der Waals surface area contributed by atoms with E-state index in [0.717, 1.165) is 22.7 Å². The first-order chi connectivity index (χ1) is 11.0. The summed E-state index contributed by atoms with van der Waals surface area (Å²) in [4.78, 5) is 11.6. The molecule has 1 aromatic rings. The number of hydrogen-bond donors (Lipinski definition) is 1. The van der Waals surface area contributed by atoms with Crippen molar-refractivity contribution >= 4 is 30.7 Å². The maximum atomic E-state index is 11.6. The molecule has 0 aliphatic heterocycles.